The van der Waals surface area contributed by atoms with E-state index >= 15 is 0 Å². The zero-order valence-corrected chi connectivity index (χ0v) is 10.0. The number of hydrogen-bond donors (Lipinski definition) is 1. The van der Waals surface area contributed by atoms with Crippen molar-refractivity contribution in [2.75, 3.05) is 13.7 Å². The molecule has 1 aromatic rings. The van der Waals surface area contributed by atoms with E-state index in [9.17, 15) is 4.79 Å². The number of carbonyl (C=O) groups is 1. The highest BCUT2D eigenvalue weighted by Crippen LogP contribution is 2.40. The lowest BCUT2D eigenvalue weighted by Crippen LogP contribution is -2.10. The Labute approximate surface area is 96.7 Å². The Kier molecular flexibility index (Phi) is 2.80. The average Bonchev–Trinajstić information content (AvgIpc) is 2.55. The molecule has 1 aromatic carbocycles. The van der Waals surface area contributed by atoms with E-state index in [2.05, 4.69) is 15.9 Å². The summed E-state index contributed by atoms with van der Waals surface area (Å²) in [6.45, 7) is 0.483. The van der Waals surface area contributed by atoms with Gasteiger partial charge >= 0.3 is 0 Å². The fourth-order valence-electron chi connectivity index (χ4n) is 2.05. The third-order valence-corrected chi connectivity index (χ3v) is 3.21. The predicted molar refractivity (Wildman–Crippen MR) is 61.4 cm³/mol. The number of methoxy groups -OCH3 is 1. The van der Waals surface area contributed by atoms with Crippen LogP contribution in [0.4, 0.5) is 0 Å². The molecule has 1 aliphatic carbocycles. The Bertz CT molecular complexity index is 417. The lowest BCUT2D eigenvalue weighted by atomic mass is 10.0. The van der Waals surface area contributed by atoms with Crippen molar-refractivity contribution >= 4 is 21.7 Å². The molecule has 0 radical (unpaired) electrons. The van der Waals surface area contributed by atoms with Gasteiger partial charge in [0.05, 0.1) is 7.11 Å². The van der Waals surface area contributed by atoms with Crippen LogP contribution in [-0.2, 0) is 0 Å². The second kappa shape index (κ2) is 3.94. The van der Waals surface area contributed by atoms with Gasteiger partial charge in [-0.2, -0.15) is 0 Å². The molecule has 1 unspecified atom stereocenters. The first-order chi connectivity index (χ1) is 7.17. The summed E-state index contributed by atoms with van der Waals surface area (Å²) in [6, 6.07) is 3.72. The first-order valence-corrected chi connectivity index (χ1v) is 5.57. The second-order valence-electron chi connectivity index (χ2n) is 3.63. The van der Waals surface area contributed by atoms with Crippen LogP contribution >= 0.6 is 15.9 Å². The number of benzene rings is 1. The lowest BCUT2D eigenvalue weighted by Gasteiger charge is -2.12. The number of nitrogens with two attached hydrogens (primary N) is 1. The second-order valence-corrected chi connectivity index (χ2v) is 4.54. The van der Waals surface area contributed by atoms with Crippen LogP contribution in [0.2, 0.25) is 0 Å². The van der Waals surface area contributed by atoms with Gasteiger partial charge in [-0.15, -0.1) is 0 Å². The van der Waals surface area contributed by atoms with Gasteiger partial charge in [-0.25, -0.2) is 0 Å². The standard InChI is InChI=1S/C11H12BrNO2/c1-15-10-4-7(12)3-8-9(14)2-6(5-13)11(8)10/h3-4,6H,2,5,13H2,1H3. The number of Topliss-reactive ketones (excluding diaryl/α,β-unsaturated/α-hetero) is 1. The van der Waals surface area contributed by atoms with Crippen LogP contribution in [0.3, 0.4) is 0 Å². The molecule has 4 heteroatoms. The van der Waals surface area contributed by atoms with E-state index in [1.165, 1.54) is 0 Å². The van der Waals surface area contributed by atoms with Crippen LogP contribution in [0, 0.1) is 0 Å². The molecular formula is C11H12BrNO2. The van der Waals surface area contributed by atoms with E-state index in [4.69, 9.17) is 10.5 Å². The van der Waals surface area contributed by atoms with Crippen LogP contribution < -0.4 is 10.5 Å². The molecule has 0 aromatic heterocycles. The number of halogens is 1. The summed E-state index contributed by atoms with van der Waals surface area (Å²) < 4.78 is 6.15. The molecule has 3 nitrogen and oxygen atoms in total. The van der Waals surface area contributed by atoms with Gasteiger partial charge in [-0.05, 0) is 18.7 Å². The van der Waals surface area contributed by atoms with Crippen LogP contribution in [0.5, 0.6) is 5.75 Å². The van der Waals surface area contributed by atoms with Gasteiger partial charge in [-0.3, -0.25) is 4.79 Å². The Balaban J connectivity index is 2.61. The zero-order chi connectivity index (χ0) is 11.0. The molecule has 0 aliphatic heterocycles. The van der Waals surface area contributed by atoms with Crippen molar-refractivity contribution in [3.8, 4) is 5.75 Å². The van der Waals surface area contributed by atoms with Gasteiger partial charge in [0, 0.05) is 27.9 Å². The van der Waals surface area contributed by atoms with Gasteiger partial charge < -0.3 is 10.5 Å². The normalized spacial score (nSPS) is 19.1. The summed E-state index contributed by atoms with van der Waals surface area (Å²) >= 11 is 3.36. The van der Waals surface area contributed by atoms with Gasteiger partial charge in [-0.1, -0.05) is 15.9 Å². The maximum Gasteiger partial charge on any atom is 0.164 e. The number of ether oxygens (including phenoxy) is 1. The molecule has 1 aliphatic rings. The van der Waals surface area contributed by atoms with Crippen molar-refractivity contribution in [3.63, 3.8) is 0 Å². The van der Waals surface area contributed by atoms with E-state index in [1.54, 1.807) is 7.11 Å². The third-order valence-electron chi connectivity index (χ3n) is 2.75. The van der Waals surface area contributed by atoms with Gasteiger partial charge in [0.1, 0.15) is 5.75 Å². The van der Waals surface area contributed by atoms with Crippen molar-refractivity contribution in [2.24, 2.45) is 5.73 Å². The van der Waals surface area contributed by atoms with E-state index in [0.29, 0.717) is 13.0 Å². The smallest absolute Gasteiger partial charge is 0.164 e. The minimum absolute atomic E-state index is 0.107. The van der Waals surface area contributed by atoms with E-state index < -0.39 is 0 Å². The molecule has 1 atom stereocenters. The molecule has 2 N–H and O–H groups in total. The van der Waals surface area contributed by atoms with Crippen molar-refractivity contribution in [2.45, 2.75) is 12.3 Å². The van der Waals surface area contributed by atoms with Crippen molar-refractivity contribution in [1.29, 1.82) is 0 Å². The summed E-state index contributed by atoms with van der Waals surface area (Å²) in [5.41, 5.74) is 7.37. The van der Waals surface area contributed by atoms with Crippen molar-refractivity contribution in [1.82, 2.24) is 0 Å². The molecule has 0 saturated carbocycles. The molecule has 15 heavy (non-hydrogen) atoms. The Hall–Kier alpha value is -0.870. The van der Waals surface area contributed by atoms with Crippen LogP contribution in [-0.4, -0.2) is 19.4 Å². The van der Waals surface area contributed by atoms with E-state index in [1.807, 2.05) is 12.1 Å². The van der Waals surface area contributed by atoms with Crippen molar-refractivity contribution in [3.05, 3.63) is 27.7 Å². The molecule has 0 bridgehead atoms. The zero-order valence-electron chi connectivity index (χ0n) is 8.42. The van der Waals surface area contributed by atoms with Crippen molar-refractivity contribution < 1.29 is 9.53 Å². The number of hydrogen-bond acceptors (Lipinski definition) is 3. The number of rotatable bonds is 2. The van der Waals surface area contributed by atoms with E-state index in [-0.39, 0.29) is 11.7 Å². The molecule has 0 spiro atoms. The molecule has 0 heterocycles. The van der Waals surface area contributed by atoms with Gasteiger partial charge in [0.25, 0.3) is 0 Å². The first-order valence-electron chi connectivity index (χ1n) is 4.78. The number of fused-ring (bicyclic) bond motifs is 1. The fraction of sp³-hybridized carbons (Fsp3) is 0.364. The highest BCUT2D eigenvalue weighted by atomic mass is 79.9. The molecule has 0 saturated heterocycles. The number of ketones is 1. The number of carbonyl (C=O) groups excluding carboxylic acids is 1. The first kappa shape index (κ1) is 10.6. The summed E-state index contributed by atoms with van der Waals surface area (Å²) in [5.74, 6) is 1.01. The monoisotopic (exact) mass is 269 g/mol. The minimum atomic E-state index is 0.107. The highest BCUT2D eigenvalue weighted by Gasteiger charge is 2.31. The Morgan fingerprint density at radius 1 is 1.60 bits per heavy atom. The van der Waals surface area contributed by atoms with Gasteiger partial charge in [0.2, 0.25) is 0 Å². The fourth-order valence-corrected chi connectivity index (χ4v) is 2.49. The Morgan fingerprint density at radius 3 is 2.93 bits per heavy atom. The highest BCUT2D eigenvalue weighted by molar-refractivity contribution is 9.10. The van der Waals surface area contributed by atoms with Gasteiger partial charge in [0.15, 0.2) is 5.78 Å². The topological polar surface area (TPSA) is 52.3 Å². The Morgan fingerprint density at radius 2 is 2.33 bits per heavy atom. The largest absolute Gasteiger partial charge is 0.496 e. The predicted octanol–water partition coefficient (Wildman–Crippen LogP) is 2.09. The molecule has 2 rings (SSSR count). The average molecular weight is 270 g/mol. The van der Waals surface area contributed by atoms with Crippen LogP contribution in [0.25, 0.3) is 0 Å². The third kappa shape index (κ3) is 1.68. The summed E-state index contributed by atoms with van der Waals surface area (Å²) in [5, 5.41) is 0. The van der Waals surface area contributed by atoms with Crippen LogP contribution in [0.1, 0.15) is 28.3 Å². The molecule has 80 valence electrons. The van der Waals surface area contributed by atoms with Crippen LogP contribution in [0.15, 0.2) is 16.6 Å². The molecule has 0 fully saturated rings. The SMILES string of the molecule is COc1cc(Br)cc2c1C(CN)CC2=O. The molecule has 0 amide bonds. The minimum Gasteiger partial charge on any atom is -0.496 e. The summed E-state index contributed by atoms with van der Waals surface area (Å²) in [7, 11) is 1.61. The summed E-state index contributed by atoms with van der Waals surface area (Å²) in [6.07, 6.45) is 0.499. The maximum atomic E-state index is 11.7. The summed E-state index contributed by atoms with van der Waals surface area (Å²) in [4.78, 5) is 11.7. The molecular weight excluding hydrogens is 258 g/mol. The quantitative estimate of drug-likeness (QED) is 0.895. The maximum absolute atomic E-state index is 11.7. The lowest BCUT2D eigenvalue weighted by molar-refractivity contribution is 0.0989. The van der Waals surface area contributed by atoms with E-state index in [0.717, 1.165) is 21.3 Å².